The van der Waals surface area contributed by atoms with Crippen molar-refractivity contribution < 1.29 is 4.79 Å². The molecule has 0 aromatic carbocycles. The Bertz CT molecular complexity index is 299. The van der Waals surface area contributed by atoms with E-state index in [0.29, 0.717) is 11.9 Å². The van der Waals surface area contributed by atoms with Gasteiger partial charge in [-0.1, -0.05) is 13.3 Å². The predicted octanol–water partition coefficient (Wildman–Crippen LogP) is 1.03. The maximum absolute atomic E-state index is 12.4. The number of hydrogen-bond acceptors (Lipinski definition) is 3. The molecule has 0 aromatic rings. The van der Waals surface area contributed by atoms with Crippen LogP contribution >= 0.6 is 0 Å². The molecule has 4 heteroatoms. The minimum Gasteiger partial charge on any atom is -0.324 e. The Morgan fingerprint density at radius 1 is 1.53 bits per heavy atom. The summed E-state index contributed by atoms with van der Waals surface area (Å²) in [6.45, 7) is 5.19. The third-order valence-corrected chi connectivity index (χ3v) is 4.14. The lowest BCUT2D eigenvalue weighted by molar-refractivity contribution is -0.131. The van der Waals surface area contributed by atoms with Gasteiger partial charge in [-0.3, -0.25) is 10.1 Å². The van der Waals surface area contributed by atoms with Crippen LogP contribution in [-0.2, 0) is 4.79 Å². The Kier molecular flexibility index (Phi) is 3.46. The first-order chi connectivity index (χ1) is 8.00. The molecule has 2 atom stereocenters. The molecule has 0 aromatic heterocycles. The van der Waals surface area contributed by atoms with E-state index in [-0.39, 0.29) is 11.7 Å². The van der Waals surface area contributed by atoms with Gasteiger partial charge in [0.1, 0.15) is 0 Å². The lowest BCUT2D eigenvalue weighted by atomic mass is 10.2. The van der Waals surface area contributed by atoms with E-state index in [2.05, 4.69) is 43.1 Å². The second-order valence-corrected chi connectivity index (χ2v) is 5.80. The molecule has 1 spiro atoms. The number of carbonyl (C=O) groups excluding carboxylic acids is 1. The van der Waals surface area contributed by atoms with Crippen molar-refractivity contribution in [3.05, 3.63) is 0 Å². The van der Waals surface area contributed by atoms with E-state index in [1.165, 1.54) is 0 Å². The van der Waals surface area contributed by atoms with Crippen molar-refractivity contribution >= 4 is 5.91 Å². The molecule has 4 nitrogen and oxygen atoms in total. The van der Waals surface area contributed by atoms with Gasteiger partial charge in [0.2, 0.25) is 5.91 Å². The highest BCUT2D eigenvalue weighted by atomic mass is 16.2. The fourth-order valence-corrected chi connectivity index (χ4v) is 2.52. The molecule has 2 aliphatic rings. The van der Waals surface area contributed by atoms with E-state index in [9.17, 15) is 4.79 Å². The Balaban J connectivity index is 2.04. The molecule has 2 unspecified atom stereocenters. The lowest BCUT2D eigenvalue weighted by Crippen LogP contribution is -2.45. The molecule has 1 heterocycles. The summed E-state index contributed by atoms with van der Waals surface area (Å²) in [4.78, 5) is 16.6. The first kappa shape index (κ1) is 12.8. The van der Waals surface area contributed by atoms with E-state index in [1.54, 1.807) is 0 Å². The first-order valence-electron chi connectivity index (χ1n) is 6.75. The molecule has 17 heavy (non-hydrogen) atoms. The van der Waals surface area contributed by atoms with E-state index < -0.39 is 0 Å². The zero-order valence-electron chi connectivity index (χ0n) is 11.5. The number of likely N-dealkylation sites (N-methyl/N-ethyl adjacent to an activating group) is 1. The number of rotatable bonds is 5. The van der Waals surface area contributed by atoms with Crippen LogP contribution < -0.4 is 5.32 Å². The molecule has 0 bridgehead atoms. The lowest BCUT2D eigenvalue weighted by Gasteiger charge is -2.29. The smallest absolute Gasteiger partial charge is 0.244 e. The average Bonchev–Trinajstić information content (AvgIpc) is 3.00. The SMILES string of the molecule is CCCC1NC2(CC2)C(=O)N1CC(C)N(C)C. The van der Waals surface area contributed by atoms with Gasteiger partial charge < -0.3 is 9.80 Å². The fraction of sp³-hybridized carbons (Fsp3) is 0.923. The van der Waals surface area contributed by atoms with Gasteiger partial charge in [0.15, 0.2) is 0 Å². The van der Waals surface area contributed by atoms with Crippen molar-refractivity contribution in [1.82, 2.24) is 15.1 Å². The number of carbonyl (C=O) groups is 1. The molecule has 2 fully saturated rings. The van der Waals surface area contributed by atoms with Gasteiger partial charge in [-0.25, -0.2) is 0 Å². The average molecular weight is 239 g/mol. The van der Waals surface area contributed by atoms with Crippen LogP contribution in [0.15, 0.2) is 0 Å². The molecular weight excluding hydrogens is 214 g/mol. The Morgan fingerprint density at radius 3 is 2.65 bits per heavy atom. The quantitative estimate of drug-likeness (QED) is 0.778. The van der Waals surface area contributed by atoms with Gasteiger partial charge in [-0.15, -0.1) is 0 Å². The zero-order chi connectivity index (χ0) is 12.6. The zero-order valence-corrected chi connectivity index (χ0v) is 11.5. The minimum atomic E-state index is -0.161. The molecule has 1 saturated heterocycles. The maximum Gasteiger partial charge on any atom is 0.244 e. The van der Waals surface area contributed by atoms with Crippen molar-refractivity contribution in [2.24, 2.45) is 0 Å². The molecule has 0 radical (unpaired) electrons. The van der Waals surface area contributed by atoms with Crippen LogP contribution in [-0.4, -0.2) is 54.1 Å². The summed E-state index contributed by atoms with van der Waals surface area (Å²) < 4.78 is 0. The molecule has 1 aliphatic carbocycles. The Morgan fingerprint density at radius 2 is 2.18 bits per heavy atom. The van der Waals surface area contributed by atoms with Crippen molar-refractivity contribution in [3.63, 3.8) is 0 Å². The third-order valence-electron chi connectivity index (χ3n) is 4.14. The van der Waals surface area contributed by atoms with Gasteiger partial charge in [0, 0.05) is 12.6 Å². The fourth-order valence-electron chi connectivity index (χ4n) is 2.52. The van der Waals surface area contributed by atoms with Crippen LogP contribution in [0.4, 0.5) is 0 Å². The summed E-state index contributed by atoms with van der Waals surface area (Å²) in [6.07, 6.45) is 4.50. The summed E-state index contributed by atoms with van der Waals surface area (Å²) in [7, 11) is 4.14. The number of amides is 1. The first-order valence-corrected chi connectivity index (χ1v) is 6.75. The van der Waals surface area contributed by atoms with Crippen LogP contribution in [0.1, 0.15) is 39.5 Å². The largest absolute Gasteiger partial charge is 0.324 e. The van der Waals surface area contributed by atoms with Gasteiger partial charge in [-0.05, 0) is 40.3 Å². The maximum atomic E-state index is 12.4. The van der Waals surface area contributed by atoms with Crippen LogP contribution in [0, 0.1) is 0 Å². The number of nitrogens with zero attached hydrogens (tertiary/aromatic N) is 2. The summed E-state index contributed by atoms with van der Waals surface area (Å²) in [5.41, 5.74) is -0.161. The molecule has 1 saturated carbocycles. The molecule has 1 N–H and O–H groups in total. The van der Waals surface area contributed by atoms with E-state index in [1.807, 2.05) is 0 Å². The Labute approximate surface area is 104 Å². The molecular formula is C13H25N3O. The summed E-state index contributed by atoms with van der Waals surface area (Å²) >= 11 is 0. The number of hydrogen-bond donors (Lipinski definition) is 1. The standard InChI is InChI=1S/C13H25N3O/c1-5-6-11-14-13(7-8-13)12(17)16(11)9-10(2)15(3)4/h10-11,14H,5-9H2,1-4H3. The molecule has 2 rings (SSSR count). The highest BCUT2D eigenvalue weighted by Crippen LogP contribution is 2.42. The van der Waals surface area contributed by atoms with Gasteiger partial charge in [0.25, 0.3) is 0 Å². The molecule has 98 valence electrons. The highest BCUT2D eigenvalue weighted by Gasteiger charge is 2.58. The van der Waals surface area contributed by atoms with Crippen LogP contribution in [0.25, 0.3) is 0 Å². The summed E-state index contributed by atoms with van der Waals surface area (Å²) in [5, 5.41) is 3.54. The molecule has 1 aliphatic heterocycles. The van der Waals surface area contributed by atoms with Crippen LogP contribution in [0.3, 0.4) is 0 Å². The Hall–Kier alpha value is -0.610. The second kappa shape index (κ2) is 4.58. The highest BCUT2D eigenvalue weighted by molar-refractivity contribution is 5.91. The topological polar surface area (TPSA) is 35.6 Å². The summed E-state index contributed by atoms with van der Waals surface area (Å²) in [5.74, 6) is 0.338. The summed E-state index contributed by atoms with van der Waals surface area (Å²) in [6, 6.07) is 0.411. The number of nitrogens with one attached hydrogen (secondary N) is 1. The van der Waals surface area contributed by atoms with Crippen molar-refractivity contribution in [3.8, 4) is 0 Å². The van der Waals surface area contributed by atoms with E-state index >= 15 is 0 Å². The van der Waals surface area contributed by atoms with Crippen molar-refractivity contribution in [1.29, 1.82) is 0 Å². The van der Waals surface area contributed by atoms with Crippen molar-refractivity contribution in [2.75, 3.05) is 20.6 Å². The minimum absolute atomic E-state index is 0.161. The van der Waals surface area contributed by atoms with Gasteiger partial charge >= 0.3 is 0 Å². The monoisotopic (exact) mass is 239 g/mol. The second-order valence-electron chi connectivity index (χ2n) is 5.80. The van der Waals surface area contributed by atoms with Gasteiger partial charge in [0.05, 0.1) is 11.7 Å². The normalized spacial score (nSPS) is 28.2. The van der Waals surface area contributed by atoms with Gasteiger partial charge in [-0.2, -0.15) is 0 Å². The van der Waals surface area contributed by atoms with Crippen LogP contribution in [0.5, 0.6) is 0 Å². The van der Waals surface area contributed by atoms with Crippen LogP contribution in [0.2, 0.25) is 0 Å². The van der Waals surface area contributed by atoms with Crippen molar-refractivity contribution in [2.45, 2.75) is 57.3 Å². The molecule has 1 amide bonds. The van der Waals surface area contributed by atoms with E-state index in [0.717, 1.165) is 32.2 Å². The third kappa shape index (κ3) is 2.33. The predicted molar refractivity (Wildman–Crippen MR) is 68.7 cm³/mol. The van der Waals surface area contributed by atoms with E-state index in [4.69, 9.17) is 0 Å².